The highest BCUT2D eigenvalue weighted by molar-refractivity contribution is 6.09. The largest absolute Gasteiger partial charge is 0.497 e. The van der Waals surface area contributed by atoms with Crippen LogP contribution in [0, 0.1) is 17.2 Å². The van der Waals surface area contributed by atoms with Gasteiger partial charge < -0.3 is 4.74 Å². The van der Waals surface area contributed by atoms with Crippen LogP contribution in [0.3, 0.4) is 0 Å². The second-order valence-corrected chi connectivity index (χ2v) is 6.27. The van der Waals surface area contributed by atoms with Crippen LogP contribution in [0.25, 0.3) is 5.57 Å². The molecule has 2 aromatic rings. The zero-order chi connectivity index (χ0) is 18.5. The van der Waals surface area contributed by atoms with E-state index in [4.69, 9.17) is 4.74 Å². The van der Waals surface area contributed by atoms with Gasteiger partial charge in [-0.25, -0.2) is 0 Å². The highest BCUT2D eigenvalue weighted by Crippen LogP contribution is 2.34. The molecule has 4 heteroatoms. The summed E-state index contributed by atoms with van der Waals surface area (Å²) in [4.78, 5) is 16.8. The molecular formula is C22H20N2O2. The van der Waals surface area contributed by atoms with Crippen molar-refractivity contribution in [3.05, 3.63) is 77.1 Å². The quantitative estimate of drug-likeness (QED) is 0.817. The molecule has 1 aliphatic rings. The highest BCUT2D eigenvalue weighted by atomic mass is 16.5. The monoisotopic (exact) mass is 344 g/mol. The number of ether oxygens (including phenoxy) is 1. The Balaban J connectivity index is 1.90. The molecule has 1 aromatic heterocycles. The minimum atomic E-state index is -0.764. The molecule has 1 unspecified atom stereocenters. The highest BCUT2D eigenvalue weighted by Gasteiger charge is 2.30. The molecule has 0 bridgehead atoms. The molecule has 0 radical (unpaired) electrons. The number of carbonyl (C=O) groups is 1. The van der Waals surface area contributed by atoms with Crippen LogP contribution in [0.2, 0.25) is 0 Å². The third kappa shape index (κ3) is 3.57. The number of carbonyl (C=O) groups excluding carboxylic acids is 1. The molecule has 1 atom stereocenters. The molecule has 26 heavy (non-hydrogen) atoms. The van der Waals surface area contributed by atoms with Gasteiger partial charge in [0.1, 0.15) is 11.7 Å². The van der Waals surface area contributed by atoms with Crippen LogP contribution in [0.5, 0.6) is 5.75 Å². The lowest BCUT2D eigenvalue weighted by atomic mass is 9.79. The fourth-order valence-electron chi connectivity index (χ4n) is 3.17. The summed E-state index contributed by atoms with van der Waals surface area (Å²) >= 11 is 0. The summed E-state index contributed by atoms with van der Waals surface area (Å²) in [5.74, 6) is -0.0571. The van der Waals surface area contributed by atoms with Crippen molar-refractivity contribution in [3.8, 4) is 11.8 Å². The van der Waals surface area contributed by atoms with Crippen molar-refractivity contribution in [2.75, 3.05) is 7.11 Å². The van der Waals surface area contributed by atoms with Gasteiger partial charge in [0, 0.05) is 12.4 Å². The molecule has 1 aromatic carbocycles. The Morgan fingerprint density at radius 1 is 1.23 bits per heavy atom. The normalized spacial score (nSPS) is 16.9. The number of ketones is 1. The first-order valence-electron chi connectivity index (χ1n) is 8.52. The fourth-order valence-corrected chi connectivity index (χ4v) is 3.17. The Kier molecular flexibility index (Phi) is 5.28. The van der Waals surface area contributed by atoms with Gasteiger partial charge in [0.25, 0.3) is 0 Å². The zero-order valence-corrected chi connectivity index (χ0v) is 14.9. The molecule has 0 saturated heterocycles. The van der Waals surface area contributed by atoms with E-state index < -0.39 is 5.92 Å². The second-order valence-electron chi connectivity index (χ2n) is 6.27. The van der Waals surface area contributed by atoms with E-state index in [-0.39, 0.29) is 5.78 Å². The zero-order valence-electron chi connectivity index (χ0n) is 14.9. The molecule has 130 valence electrons. The van der Waals surface area contributed by atoms with Crippen LogP contribution in [0.15, 0.2) is 66.0 Å². The number of methoxy groups -OCH3 is 1. The molecule has 0 saturated carbocycles. The van der Waals surface area contributed by atoms with Crippen LogP contribution in [-0.4, -0.2) is 17.9 Å². The molecular weight excluding hydrogens is 324 g/mol. The molecule has 0 aliphatic heterocycles. The summed E-state index contributed by atoms with van der Waals surface area (Å²) in [5, 5.41) is 9.49. The number of allylic oxidation sites excluding steroid dienone is 4. The maximum Gasteiger partial charge on any atom is 0.180 e. The van der Waals surface area contributed by atoms with Crippen molar-refractivity contribution >= 4 is 11.4 Å². The van der Waals surface area contributed by atoms with Gasteiger partial charge in [-0.15, -0.1) is 0 Å². The predicted octanol–water partition coefficient (Wildman–Crippen LogP) is 4.15. The van der Waals surface area contributed by atoms with E-state index in [0.29, 0.717) is 5.57 Å². The number of Topliss-reactive ketones (excluding diaryl/α,β-unsaturated/α-hetero) is 1. The molecule has 1 heterocycles. The van der Waals surface area contributed by atoms with Gasteiger partial charge in [0.2, 0.25) is 0 Å². The summed E-state index contributed by atoms with van der Waals surface area (Å²) in [6.07, 6.45) is 6.89. The van der Waals surface area contributed by atoms with Crippen LogP contribution in [-0.2, 0) is 11.2 Å². The van der Waals surface area contributed by atoms with Crippen molar-refractivity contribution in [3.63, 3.8) is 0 Å². The number of hydrogen-bond acceptors (Lipinski definition) is 4. The van der Waals surface area contributed by atoms with Gasteiger partial charge in [-0.3, -0.25) is 9.78 Å². The van der Waals surface area contributed by atoms with E-state index in [0.717, 1.165) is 40.9 Å². The lowest BCUT2D eigenvalue weighted by Gasteiger charge is -2.21. The van der Waals surface area contributed by atoms with E-state index in [2.05, 4.69) is 11.1 Å². The average molecular weight is 344 g/mol. The SMILES string of the molecule is COc1cccc(CCC2=C(C)C(=O)C(C#N)C(c3cccnc3)=C2)c1. The minimum absolute atomic E-state index is 0.116. The number of benzene rings is 1. The Labute approximate surface area is 153 Å². The molecule has 4 nitrogen and oxygen atoms in total. The number of pyridine rings is 1. The Morgan fingerprint density at radius 2 is 2.08 bits per heavy atom. The first-order valence-corrected chi connectivity index (χ1v) is 8.52. The van der Waals surface area contributed by atoms with Gasteiger partial charge in [-0.2, -0.15) is 5.26 Å². The summed E-state index contributed by atoms with van der Waals surface area (Å²) in [6, 6.07) is 13.8. The Bertz CT molecular complexity index is 921. The maximum atomic E-state index is 12.7. The van der Waals surface area contributed by atoms with E-state index in [1.807, 2.05) is 49.4 Å². The smallest absolute Gasteiger partial charge is 0.180 e. The van der Waals surface area contributed by atoms with Gasteiger partial charge >= 0.3 is 0 Å². The summed E-state index contributed by atoms with van der Waals surface area (Å²) < 4.78 is 5.27. The van der Waals surface area contributed by atoms with Crippen LogP contribution in [0.1, 0.15) is 24.5 Å². The molecule has 0 N–H and O–H groups in total. The summed E-state index contributed by atoms with van der Waals surface area (Å²) in [5.41, 5.74) is 4.35. The molecule has 3 rings (SSSR count). The number of nitriles is 1. The third-order valence-electron chi connectivity index (χ3n) is 4.70. The van der Waals surface area contributed by atoms with Crippen molar-refractivity contribution in [2.45, 2.75) is 19.8 Å². The number of rotatable bonds is 5. The standard InChI is InChI=1S/C22H20N2O2/c1-15-17(9-8-16-5-3-7-19(11-16)26-2)12-20(21(13-23)22(15)25)18-6-4-10-24-14-18/h3-7,10-12,14,21H,8-9H2,1-2H3. The van der Waals surface area contributed by atoms with Crippen molar-refractivity contribution in [1.82, 2.24) is 4.98 Å². The van der Waals surface area contributed by atoms with E-state index in [1.165, 1.54) is 0 Å². The lowest BCUT2D eigenvalue weighted by molar-refractivity contribution is -0.116. The van der Waals surface area contributed by atoms with Gasteiger partial charge in [-0.1, -0.05) is 24.3 Å². The molecule has 1 aliphatic carbocycles. The van der Waals surface area contributed by atoms with Crippen molar-refractivity contribution in [2.24, 2.45) is 5.92 Å². The lowest BCUT2D eigenvalue weighted by Crippen LogP contribution is -2.21. The molecule has 0 fully saturated rings. The van der Waals surface area contributed by atoms with Crippen LogP contribution < -0.4 is 4.74 Å². The number of nitrogens with zero attached hydrogens (tertiary/aromatic N) is 2. The van der Waals surface area contributed by atoms with E-state index in [9.17, 15) is 10.1 Å². The van der Waals surface area contributed by atoms with E-state index >= 15 is 0 Å². The Hall–Kier alpha value is -3.19. The number of aryl methyl sites for hydroxylation is 1. The van der Waals surface area contributed by atoms with Gasteiger partial charge in [-0.05, 0) is 65.8 Å². The number of hydrogen-bond donors (Lipinski definition) is 0. The van der Waals surface area contributed by atoms with E-state index in [1.54, 1.807) is 19.5 Å². The molecule has 0 amide bonds. The fraction of sp³-hybridized carbons (Fsp3) is 0.227. The Morgan fingerprint density at radius 3 is 2.77 bits per heavy atom. The van der Waals surface area contributed by atoms with Crippen molar-refractivity contribution < 1.29 is 9.53 Å². The van der Waals surface area contributed by atoms with Crippen LogP contribution >= 0.6 is 0 Å². The minimum Gasteiger partial charge on any atom is -0.497 e. The third-order valence-corrected chi connectivity index (χ3v) is 4.70. The van der Waals surface area contributed by atoms with Gasteiger partial charge in [0.05, 0.1) is 13.2 Å². The topological polar surface area (TPSA) is 63.0 Å². The first kappa shape index (κ1) is 17.6. The first-order chi connectivity index (χ1) is 12.6. The van der Waals surface area contributed by atoms with Crippen molar-refractivity contribution in [1.29, 1.82) is 5.26 Å². The summed E-state index contributed by atoms with van der Waals surface area (Å²) in [7, 11) is 1.65. The average Bonchev–Trinajstić information content (AvgIpc) is 2.69. The van der Waals surface area contributed by atoms with Crippen LogP contribution in [0.4, 0.5) is 0 Å². The van der Waals surface area contributed by atoms with Gasteiger partial charge in [0.15, 0.2) is 5.78 Å². The molecule has 0 spiro atoms. The number of aromatic nitrogens is 1. The second kappa shape index (κ2) is 7.79. The maximum absolute atomic E-state index is 12.7. The summed E-state index contributed by atoms with van der Waals surface area (Å²) in [6.45, 7) is 1.81. The predicted molar refractivity (Wildman–Crippen MR) is 100 cm³/mol.